The van der Waals surface area contributed by atoms with Crippen LogP contribution in [0.2, 0.25) is 0 Å². The summed E-state index contributed by atoms with van der Waals surface area (Å²) in [5.74, 6) is 0.900. The molecule has 0 spiro atoms. The first-order valence-electron chi connectivity index (χ1n) is 9.77. The van der Waals surface area contributed by atoms with E-state index in [1.54, 1.807) is 20.3 Å². The fraction of sp³-hybridized carbons (Fsp3) is 0.478. The Bertz CT molecular complexity index is 910. The van der Waals surface area contributed by atoms with Crippen LogP contribution in [0.4, 0.5) is 0 Å². The maximum absolute atomic E-state index is 13.1. The summed E-state index contributed by atoms with van der Waals surface area (Å²) in [4.78, 5) is 25.8. The molecule has 5 nitrogen and oxygen atoms in total. The highest BCUT2D eigenvalue weighted by Crippen LogP contribution is 2.54. The van der Waals surface area contributed by atoms with E-state index in [1.165, 1.54) is 5.57 Å². The molecule has 4 rings (SSSR count). The Labute approximate surface area is 165 Å². The van der Waals surface area contributed by atoms with E-state index in [0.717, 1.165) is 30.4 Å². The van der Waals surface area contributed by atoms with Gasteiger partial charge in [0.15, 0.2) is 11.5 Å². The second-order valence-corrected chi connectivity index (χ2v) is 8.15. The van der Waals surface area contributed by atoms with E-state index in [2.05, 4.69) is 6.92 Å². The van der Waals surface area contributed by atoms with Crippen molar-refractivity contribution in [2.45, 2.75) is 45.6 Å². The molecule has 2 fully saturated rings. The molecule has 28 heavy (non-hydrogen) atoms. The van der Waals surface area contributed by atoms with Crippen LogP contribution in [0.5, 0.6) is 11.5 Å². The summed E-state index contributed by atoms with van der Waals surface area (Å²) >= 11 is 0. The van der Waals surface area contributed by atoms with Crippen LogP contribution >= 0.6 is 0 Å². The van der Waals surface area contributed by atoms with E-state index in [0.29, 0.717) is 23.5 Å². The fourth-order valence-electron chi connectivity index (χ4n) is 5.06. The number of methoxy groups -OCH3 is 2. The van der Waals surface area contributed by atoms with Gasteiger partial charge in [-0.1, -0.05) is 11.6 Å². The fourth-order valence-corrected chi connectivity index (χ4v) is 5.06. The zero-order valence-corrected chi connectivity index (χ0v) is 16.8. The molecule has 1 aromatic carbocycles. The molecule has 1 aliphatic heterocycles. The van der Waals surface area contributed by atoms with Gasteiger partial charge in [0, 0.05) is 17.9 Å². The lowest BCUT2D eigenvalue weighted by Gasteiger charge is -2.44. The zero-order chi connectivity index (χ0) is 20.1. The van der Waals surface area contributed by atoms with Gasteiger partial charge in [0.05, 0.1) is 19.6 Å². The highest BCUT2D eigenvalue weighted by Gasteiger charge is 2.55. The van der Waals surface area contributed by atoms with Gasteiger partial charge in [0.1, 0.15) is 11.9 Å². The molecule has 1 saturated heterocycles. The summed E-state index contributed by atoms with van der Waals surface area (Å²) in [5.41, 5.74) is 3.16. The molecular weight excluding hydrogens is 356 g/mol. The van der Waals surface area contributed by atoms with Crippen molar-refractivity contribution in [3.63, 3.8) is 0 Å². The predicted molar refractivity (Wildman–Crippen MR) is 105 cm³/mol. The number of rotatable bonds is 3. The van der Waals surface area contributed by atoms with Crippen LogP contribution in [0.25, 0.3) is 6.08 Å². The van der Waals surface area contributed by atoms with E-state index in [1.807, 2.05) is 25.1 Å². The molecule has 0 amide bonds. The van der Waals surface area contributed by atoms with Crippen molar-refractivity contribution >= 4 is 17.8 Å². The Morgan fingerprint density at radius 3 is 2.64 bits per heavy atom. The van der Waals surface area contributed by atoms with Crippen molar-refractivity contribution < 1.29 is 23.8 Å². The van der Waals surface area contributed by atoms with E-state index in [-0.39, 0.29) is 23.8 Å². The SMILES string of the molecule is COc1ccc(/C=C2/C(=O)O[C@H]3C4=C(C)CCC[C@]4(C)C(=O)C[C@@H]23)cc1OC. The third-order valence-corrected chi connectivity index (χ3v) is 6.55. The summed E-state index contributed by atoms with van der Waals surface area (Å²) in [6.07, 6.45) is 4.67. The first kappa shape index (κ1) is 18.8. The lowest BCUT2D eigenvalue weighted by atomic mass is 9.59. The van der Waals surface area contributed by atoms with E-state index in [9.17, 15) is 9.59 Å². The monoisotopic (exact) mass is 382 g/mol. The molecule has 5 heteroatoms. The van der Waals surface area contributed by atoms with Gasteiger partial charge < -0.3 is 14.2 Å². The molecule has 1 heterocycles. The standard InChI is InChI=1S/C23H26O5/c1-13-6-5-9-23(2)19(24)12-15-16(22(25)28-21(15)20(13)23)10-14-7-8-17(26-3)18(11-14)27-4/h7-8,10-11,15,21H,5-6,9,12H2,1-4H3/b16-10+/t15-,21+,23+/m0/s1. The van der Waals surface area contributed by atoms with Crippen molar-refractivity contribution in [3.05, 3.63) is 40.5 Å². The Morgan fingerprint density at radius 1 is 1.18 bits per heavy atom. The van der Waals surface area contributed by atoms with Gasteiger partial charge in [-0.3, -0.25) is 4.79 Å². The summed E-state index contributed by atoms with van der Waals surface area (Å²) in [5, 5.41) is 0. The number of hydrogen-bond donors (Lipinski definition) is 0. The lowest BCUT2D eigenvalue weighted by molar-refractivity contribution is -0.141. The quantitative estimate of drug-likeness (QED) is 0.447. The Balaban J connectivity index is 1.75. The van der Waals surface area contributed by atoms with Gasteiger partial charge >= 0.3 is 5.97 Å². The largest absolute Gasteiger partial charge is 0.493 e. The number of hydrogen-bond acceptors (Lipinski definition) is 5. The van der Waals surface area contributed by atoms with Crippen LogP contribution in [0.15, 0.2) is 34.9 Å². The number of carbonyl (C=O) groups excluding carboxylic acids is 2. The highest BCUT2D eigenvalue weighted by atomic mass is 16.6. The molecule has 1 aromatic rings. The average Bonchev–Trinajstić information content (AvgIpc) is 2.97. The summed E-state index contributed by atoms with van der Waals surface area (Å²) < 4.78 is 16.5. The maximum Gasteiger partial charge on any atom is 0.335 e. The third kappa shape index (κ3) is 2.76. The third-order valence-electron chi connectivity index (χ3n) is 6.55. The van der Waals surface area contributed by atoms with Gasteiger partial charge in [0.25, 0.3) is 0 Å². The minimum atomic E-state index is -0.484. The molecule has 2 aliphatic carbocycles. The van der Waals surface area contributed by atoms with Gasteiger partial charge in [-0.05, 0) is 62.5 Å². The minimum absolute atomic E-state index is 0.218. The van der Waals surface area contributed by atoms with E-state index >= 15 is 0 Å². The number of ether oxygens (including phenoxy) is 3. The van der Waals surface area contributed by atoms with Crippen molar-refractivity contribution in [2.75, 3.05) is 14.2 Å². The number of carbonyl (C=O) groups is 2. The number of fused-ring (bicyclic) bond motifs is 3. The minimum Gasteiger partial charge on any atom is -0.493 e. The summed E-state index contributed by atoms with van der Waals surface area (Å²) in [7, 11) is 3.16. The highest BCUT2D eigenvalue weighted by molar-refractivity contribution is 6.01. The molecule has 3 atom stereocenters. The van der Waals surface area contributed by atoms with Crippen LogP contribution < -0.4 is 9.47 Å². The molecule has 148 valence electrons. The predicted octanol–water partition coefficient (Wildman–Crippen LogP) is 4.11. The van der Waals surface area contributed by atoms with Gasteiger partial charge in [-0.15, -0.1) is 0 Å². The zero-order valence-electron chi connectivity index (χ0n) is 16.8. The maximum atomic E-state index is 13.1. The van der Waals surface area contributed by atoms with Crippen LogP contribution in [-0.2, 0) is 14.3 Å². The number of Topliss-reactive ketones (excluding diaryl/α,β-unsaturated/α-hetero) is 1. The normalized spacial score (nSPS) is 30.8. The second-order valence-electron chi connectivity index (χ2n) is 8.15. The van der Waals surface area contributed by atoms with Crippen LogP contribution in [0.1, 0.15) is 45.1 Å². The number of ketones is 1. The lowest BCUT2D eigenvalue weighted by Crippen LogP contribution is -2.46. The topological polar surface area (TPSA) is 61.8 Å². The number of allylic oxidation sites excluding steroid dienone is 1. The molecule has 0 radical (unpaired) electrons. The first-order valence-corrected chi connectivity index (χ1v) is 9.77. The molecular formula is C23H26O5. The Hall–Kier alpha value is -2.56. The second kappa shape index (κ2) is 6.80. The smallest absolute Gasteiger partial charge is 0.335 e. The van der Waals surface area contributed by atoms with Gasteiger partial charge in [-0.25, -0.2) is 4.79 Å². The molecule has 3 aliphatic rings. The van der Waals surface area contributed by atoms with Crippen molar-refractivity contribution in [2.24, 2.45) is 11.3 Å². The molecule has 1 saturated carbocycles. The van der Waals surface area contributed by atoms with Crippen molar-refractivity contribution in [3.8, 4) is 11.5 Å². The molecule has 0 aromatic heterocycles. The van der Waals surface area contributed by atoms with Crippen LogP contribution in [0, 0.1) is 11.3 Å². The first-order chi connectivity index (χ1) is 13.4. The van der Waals surface area contributed by atoms with Crippen LogP contribution in [0.3, 0.4) is 0 Å². The number of benzene rings is 1. The van der Waals surface area contributed by atoms with Crippen LogP contribution in [-0.4, -0.2) is 32.1 Å². The molecule has 0 N–H and O–H groups in total. The van der Waals surface area contributed by atoms with E-state index in [4.69, 9.17) is 14.2 Å². The average molecular weight is 382 g/mol. The Morgan fingerprint density at radius 2 is 1.93 bits per heavy atom. The van der Waals surface area contributed by atoms with Crippen molar-refractivity contribution in [1.82, 2.24) is 0 Å². The Kier molecular flexibility index (Phi) is 4.56. The summed E-state index contributed by atoms with van der Waals surface area (Å²) in [6.45, 7) is 4.10. The van der Waals surface area contributed by atoms with Gasteiger partial charge in [-0.2, -0.15) is 0 Å². The van der Waals surface area contributed by atoms with Gasteiger partial charge in [0.2, 0.25) is 0 Å². The summed E-state index contributed by atoms with van der Waals surface area (Å²) in [6, 6.07) is 5.50. The van der Waals surface area contributed by atoms with E-state index < -0.39 is 5.41 Å². The van der Waals surface area contributed by atoms with Crippen molar-refractivity contribution in [1.29, 1.82) is 0 Å². The molecule has 0 unspecified atom stereocenters. The molecule has 0 bridgehead atoms. The number of esters is 1.